The highest BCUT2D eigenvalue weighted by atomic mass is 35.5. The normalized spacial score (nSPS) is 11.2. The monoisotopic (exact) mass is 786 g/mol. The summed E-state index contributed by atoms with van der Waals surface area (Å²) in [5.41, 5.74) is 1.68. The van der Waals surface area contributed by atoms with Crippen molar-refractivity contribution in [2.75, 3.05) is 0 Å². The predicted octanol–water partition coefficient (Wildman–Crippen LogP) is 7.10. The van der Waals surface area contributed by atoms with E-state index in [-0.39, 0.29) is 25.1 Å². The molecule has 0 spiro atoms. The van der Waals surface area contributed by atoms with Gasteiger partial charge in [0.25, 0.3) is 0 Å². The summed E-state index contributed by atoms with van der Waals surface area (Å²) < 4.78 is 2.86. The Morgan fingerprint density at radius 3 is 1.12 bits per heavy atom. The van der Waals surface area contributed by atoms with Gasteiger partial charge in [0.15, 0.2) is 0 Å². The molecule has 16 heteroatoms. The highest BCUT2D eigenvalue weighted by molar-refractivity contribution is 7.10. The topological polar surface area (TPSA) is 141 Å². The molecule has 50 heavy (non-hydrogen) atoms. The van der Waals surface area contributed by atoms with E-state index in [1.807, 2.05) is 24.3 Å². The number of halogens is 4. The zero-order chi connectivity index (χ0) is 34.2. The first-order chi connectivity index (χ1) is 23.0. The van der Waals surface area contributed by atoms with Crippen LogP contribution < -0.4 is 21.6 Å². The van der Waals surface area contributed by atoms with Gasteiger partial charge in [0.05, 0.1) is 13.1 Å². The quantitative estimate of drug-likeness (QED) is 0.0916. The highest BCUT2D eigenvalue weighted by Gasteiger charge is 2.08. The second-order valence-corrected chi connectivity index (χ2v) is 13.4. The molecule has 0 aliphatic rings. The van der Waals surface area contributed by atoms with Gasteiger partial charge in [-0.1, -0.05) is 94.9 Å². The number of nitrogens with zero attached hydrogens (tertiary/aromatic N) is 6. The van der Waals surface area contributed by atoms with Crippen LogP contribution in [0.25, 0.3) is 0 Å². The van der Waals surface area contributed by atoms with Gasteiger partial charge in [0.2, 0.25) is 10.3 Å². The zero-order valence-corrected chi connectivity index (χ0v) is 31.0. The van der Waals surface area contributed by atoms with E-state index >= 15 is 0 Å². The molecule has 0 N–H and O–H groups in total. The van der Waals surface area contributed by atoms with Crippen LogP contribution in [0.3, 0.4) is 0 Å². The molecule has 256 valence electrons. The third-order valence-corrected chi connectivity index (χ3v) is 8.96. The van der Waals surface area contributed by atoms with Crippen molar-refractivity contribution in [3.8, 4) is 0 Å². The molecule has 0 amide bonds. The van der Waals surface area contributed by atoms with E-state index in [1.54, 1.807) is 72.8 Å². The van der Waals surface area contributed by atoms with Crippen molar-refractivity contribution >= 4 is 91.5 Å². The van der Waals surface area contributed by atoms with Crippen LogP contribution in [0, 0.1) is 14.9 Å². The lowest BCUT2D eigenvalue weighted by molar-refractivity contribution is -0.213. The molecule has 2 aromatic heterocycles. The molecular formula is C34H26Cl4N6O4S2. The van der Waals surface area contributed by atoms with Crippen LogP contribution in [0.1, 0.15) is 22.3 Å². The van der Waals surface area contributed by atoms with E-state index in [2.05, 4.69) is 20.0 Å². The Morgan fingerprint density at radius 2 is 0.820 bits per heavy atom. The minimum Gasteiger partial charge on any atom is -0.858 e. The molecule has 0 radical (unpaired) electrons. The van der Waals surface area contributed by atoms with Crippen LogP contribution in [0.5, 0.6) is 0 Å². The van der Waals surface area contributed by atoms with Crippen LogP contribution in [-0.2, 0) is 13.1 Å². The van der Waals surface area contributed by atoms with Gasteiger partial charge in [-0.15, -0.1) is 0 Å². The van der Waals surface area contributed by atoms with Crippen LogP contribution >= 0.6 is 69.5 Å². The second-order valence-electron chi connectivity index (χ2n) is 9.71. The van der Waals surface area contributed by atoms with Gasteiger partial charge in [-0.2, -0.15) is 9.97 Å². The van der Waals surface area contributed by atoms with Gasteiger partial charge in [0, 0.05) is 34.9 Å². The smallest absolute Gasteiger partial charge is 0.360 e. The number of benzene rings is 4. The van der Waals surface area contributed by atoms with Crippen molar-refractivity contribution in [2.45, 2.75) is 13.1 Å². The molecule has 0 aliphatic heterocycles. The van der Waals surface area contributed by atoms with Crippen molar-refractivity contribution < 1.29 is 10.2 Å². The van der Waals surface area contributed by atoms with E-state index in [1.165, 1.54) is 7.91 Å². The lowest BCUT2D eigenvalue weighted by Gasteiger charge is -2.09. The largest absolute Gasteiger partial charge is 0.858 e. The summed E-state index contributed by atoms with van der Waals surface area (Å²) in [5.74, 6) is -0.946. The first-order valence-corrected chi connectivity index (χ1v) is 16.8. The molecule has 0 saturated carbocycles. The van der Waals surface area contributed by atoms with Gasteiger partial charge >= 0.3 is 11.4 Å². The zero-order valence-electron chi connectivity index (χ0n) is 26.3. The van der Waals surface area contributed by atoms with Crippen molar-refractivity contribution in [1.82, 2.24) is 17.9 Å². The molecule has 0 saturated heterocycles. The van der Waals surface area contributed by atoms with Crippen LogP contribution in [-0.4, -0.2) is 29.7 Å². The molecule has 6 aromatic rings. The maximum Gasteiger partial charge on any atom is 0.360 e. The Labute approximate surface area is 316 Å². The predicted molar refractivity (Wildman–Crippen MR) is 202 cm³/mol. The fraction of sp³-hybridized carbons (Fsp3) is 0.0588. The van der Waals surface area contributed by atoms with E-state index in [9.17, 15) is 19.8 Å². The van der Waals surface area contributed by atoms with E-state index in [0.717, 1.165) is 34.2 Å². The molecular weight excluding hydrogens is 762 g/mol. The van der Waals surface area contributed by atoms with Crippen molar-refractivity contribution in [3.63, 3.8) is 0 Å². The third kappa shape index (κ3) is 11.2. The van der Waals surface area contributed by atoms with E-state index in [0.29, 0.717) is 44.3 Å². The summed E-state index contributed by atoms with van der Waals surface area (Å²) in [6.45, 7) is 0.691. The minimum absolute atomic E-state index is 0. The Balaban J connectivity index is 0.000000260. The van der Waals surface area contributed by atoms with Crippen LogP contribution in [0.4, 0.5) is 10.3 Å². The van der Waals surface area contributed by atoms with E-state index in [4.69, 9.17) is 46.4 Å². The highest BCUT2D eigenvalue weighted by Crippen LogP contribution is 2.19. The Kier molecular flexibility index (Phi) is 14.7. The fourth-order valence-corrected chi connectivity index (χ4v) is 5.93. The summed E-state index contributed by atoms with van der Waals surface area (Å²) in [5, 5.41) is 26.7. The number of aliphatic imine (C=N–C) groups is 2. The number of rotatable bonds is 8. The minimum atomic E-state index is -0.473. The molecule has 0 atom stereocenters. The summed E-state index contributed by atoms with van der Waals surface area (Å²) in [7, 11) is 0. The summed E-state index contributed by atoms with van der Waals surface area (Å²) in [4.78, 5) is 39.2. The first-order valence-electron chi connectivity index (χ1n) is 13.7. The molecule has 0 aliphatic carbocycles. The molecule has 0 fully saturated rings. The molecule has 4 aromatic carbocycles. The van der Waals surface area contributed by atoms with Crippen molar-refractivity contribution in [3.05, 3.63) is 175 Å². The number of hydrogen-bond acceptors (Lipinski definition) is 10. The van der Waals surface area contributed by atoms with Gasteiger partial charge < -0.3 is 10.2 Å². The van der Waals surface area contributed by atoms with Gasteiger partial charge in [-0.3, -0.25) is 0 Å². The lowest BCUT2D eigenvalue weighted by Crippen LogP contribution is -2.18. The van der Waals surface area contributed by atoms with Gasteiger partial charge in [0.1, 0.15) is 0 Å². The Morgan fingerprint density at radius 1 is 0.540 bits per heavy atom. The van der Waals surface area contributed by atoms with Crippen LogP contribution in [0.15, 0.2) is 117 Å². The third-order valence-electron chi connectivity index (χ3n) is 6.25. The van der Waals surface area contributed by atoms with Gasteiger partial charge in [-0.05, 0) is 106 Å². The summed E-state index contributed by atoms with van der Waals surface area (Å²) >= 11 is 25.3. The molecule has 0 unspecified atom stereocenters. The summed E-state index contributed by atoms with van der Waals surface area (Å²) in [6.07, 6.45) is 0. The second kappa shape index (κ2) is 18.4. The van der Waals surface area contributed by atoms with Gasteiger partial charge in [-0.25, -0.2) is 27.5 Å². The van der Waals surface area contributed by atoms with Crippen molar-refractivity contribution in [2.24, 2.45) is 9.98 Å². The molecule has 6 rings (SSSR count). The van der Waals surface area contributed by atoms with E-state index < -0.39 is 23.2 Å². The molecule has 0 bridgehead atoms. The maximum atomic E-state index is 12.1. The number of aromatic nitrogens is 4. The SMILES string of the molecule is O=c1nc(N=C([O-])c2ccc(Cl)cc2)sn1Cc1ccc(Cl)cc1.O=c1nc(N=C([O-])c2ccc(Cl)cc2)sn1Cc1ccc(Cl)cc1.[CH3+].[CH3+]. The Bertz CT molecular complexity index is 2020. The molecule has 10 nitrogen and oxygen atoms in total. The first kappa shape index (κ1) is 39.9. The van der Waals surface area contributed by atoms with Crippen molar-refractivity contribution in [1.29, 1.82) is 0 Å². The van der Waals surface area contributed by atoms with Crippen LogP contribution in [0.2, 0.25) is 20.1 Å². The Hall–Kier alpha value is -4.56. The molecule has 2 heterocycles. The average molecular weight is 789 g/mol. The summed E-state index contributed by atoms with van der Waals surface area (Å²) in [6, 6.07) is 27.0. The maximum absolute atomic E-state index is 12.1. The lowest BCUT2D eigenvalue weighted by atomic mass is 10.2. The standard InChI is InChI=1S/2C16H11Cl2N3O2S.2CH3/c2*17-12-5-1-10(2-6-12)9-21-16(23)20-15(24-21)19-14(22)11-3-7-13(18)8-4-11;;/h2*1-8H,9H2,(H,19,20,22,23);2*1H3/q;;2*+1/p-2. The average Bonchev–Trinajstić information content (AvgIpc) is 3.59. The fourth-order valence-electron chi connectivity index (χ4n) is 3.88. The number of hydrogen-bond donors (Lipinski definition) is 0.